The van der Waals surface area contributed by atoms with Crippen molar-refractivity contribution in [2.75, 3.05) is 24.0 Å². The Balaban J connectivity index is 0.000000197. The van der Waals surface area contributed by atoms with Crippen molar-refractivity contribution in [1.29, 1.82) is 0 Å². The van der Waals surface area contributed by atoms with Gasteiger partial charge in [0, 0.05) is 17.8 Å². The lowest BCUT2D eigenvalue weighted by Gasteiger charge is -2.37. The van der Waals surface area contributed by atoms with E-state index in [1.807, 2.05) is 13.8 Å². The fourth-order valence-electron chi connectivity index (χ4n) is 5.06. The normalized spacial score (nSPS) is 30.5. The van der Waals surface area contributed by atoms with Gasteiger partial charge in [0.25, 0.3) is 0 Å². The Bertz CT molecular complexity index is 647. The molecule has 150 valence electrons. The molecule has 3 fully saturated rings. The van der Waals surface area contributed by atoms with Crippen LogP contribution in [0, 0.1) is 22.7 Å². The third-order valence-corrected chi connectivity index (χ3v) is 8.51. The quantitative estimate of drug-likeness (QED) is 0.519. The fraction of sp³-hybridized carbons (Fsp3) is 0.895. The summed E-state index contributed by atoms with van der Waals surface area (Å²) >= 11 is 0. The van der Waals surface area contributed by atoms with Gasteiger partial charge in [-0.1, -0.05) is 26.7 Å². The first-order chi connectivity index (χ1) is 11.9. The second-order valence-corrected chi connectivity index (χ2v) is 12.6. The van der Waals surface area contributed by atoms with E-state index in [0.29, 0.717) is 35.4 Å². The summed E-state index contributed by atoms with van der Waals surface area (Å²) < 4.78 is 32.7. The van der Waals surface area contributed by atoms with Gasteiger partial charge < -0.3 is 4.55 Å². The van der Waals surface area contributed by atoms with Crippen LogP contribution in [0.4, 0.5) is 0 Å². The van der Waals surface area contributed by atoms with E-state index >= 15 is 0 Å². The predicted molar refractivity (Wildman–Crippen MR) is 104 cm³/mol. The highest BCUT2D eigenvalue weighted by Crippen LogP contribution is 2.64. The van der Waals surface area contributed by atoms with Crippen molar-refractivity contribution in [3.63, 3.8) is 0 Å². The maximum Gasteiger partial charge on any atom is 0.184 e. The van der Waals surface area contributed by atoms with Crippen molar-refractivity contribution in [3.8, 4) is 0 Å². The zero-order valence-electron chi connectivity index (χ0n) is 16.4. The third-order valence-electron chi connectivity index (χ3n) is 6.80. The lowest BCUT2D eigenvalue weighted by molar-refractivity contribution is -0.128. The molecule has 5 nitrogen and oxygen atoms in total. The highest BCUT2D eigenvalue weighted by atomic mass is 32.2. The minimum Gasteiger partial charge on any atom is -0.748 e. The van der Waals surface area contributed by atoms with E-state index in [1.54, 1.807) is 0 Å². The van der Waals surface area contributed by atoms with Crippen LogP contribution in [0.5, 0.6) is 0 Å². The van der Waals surface area contributed by atoms with E-state index in [1.165, 1.54) is 12.8 Å². The third kappa shape index (κ3) is 4.53. The average molecular weight is 405 g/mol. The highest BCUT2D eigenvalue weighted by molar-refractivity contribution is 7.96. The largest absolute Gasteiger partial charge is 0.748 e. The smallest absolute Gasteiger partial charge is 0.184 e. The molecule has 2 bridgehead atoms. The molecule has 0 saturated heterocycles. The summed E-state index contributed by atoms with van der Waals surface area (Å²) in [5.74, 6) is 1.50. The number of hydrogen-bond donors (Lipinski definition) is 0. The van der Waals surface area contributed by atoms with Crippen LogP contribution in [-0.2, 0) is 30.6 Å². The van der Waals surface area contributed by atoms with Crippen LogP contribution in [0.15, 0.2) is 0 Å². The van der Waals surface area contributed by atoms with Crippen LogP contribution in [0.25, 0.3) is 0 Å². The number of fused-ring (bicyclic) bond motifs is 2. The molecule has 0 N–H and O–H groups in total. The van der Waals surface area contributed by atoms with E-state index in [-0.39, 0.29) is 17.1 Å². The summed E-state index contributed by atoms with van der Waals surface area (Å²) in [6.45, 7) is 3.83. The number of ketones is 2. The molecule has 3 aliphatic carbocycles. The van der Waals surface area contributed by atoms with Crippen molar-refractivity contribution in [2.45, 2.75) is 58.8 Å². The van der Waals surface area contributed by atoms with Crippen molar-refractivity contribution in [2.24, 2.45) is 22.7 Å². The van der Waals surface area contributed by atoms with Gasteiger partial charge in [0.05, 0.1) is 28.4 Å². The highest BCUT2D eigenvalue weighted by Gasteiger charge is 2.64. The summed E-state index contributed by atoms with van der Waals surface area (Å²) in [4.78, 5) is 23.3. The zero-order valence-corrected chi connectivity index (χ0v) is 18.0. The van der Waals surface area contributed by atoms with Gasteiger partial charge >= 0.3 is 0 Å². The van der Waals surface area contributed by atoms with E-state index in [9.17, 15) is 22.6 Å². The Hall–Kier alpha value is -0.400. The van der Waals surface area contributed by atoms with Gasteiger partial charge in [-0.25, -0.2) is 8.42 Å². The second kappa shape index (κ2) is 7.92. The number of rotatable bonds is 5. The molecule has 2 unspecified atom stereocenters. The Labute approximate surface area is 160 Å². The summed E-state index contributed by atoms with van der Waals surface area (Å²) in [5.41, 5.74) is -1.22. The van der Waals surface area contributed by atoms with Crippen LogP contribution in [-0.4, -0.2) is 48.6 Å². The van der Waals surface area contributed by atoms with Gasteiger partial charge in [0.2, 0.25) is 0 Å². The van der Waals surface area contributed by atoms with E-state index < -0.39 is 21.3 Å². The molecule has 26 heavy (non-hydrogen) atoms. The molecule has 0 aliphatic heterocycles. The summed E-state index contributed by atoms with van der Waals surface area (Å²) in [6.07, 6.45) is 11.0. The van der Waals surface area contributed by atoms with Crippen LogP contribution in [0.3, 0.4) is 0 Å². The van der Waals surface area contributed by atoms with Crippen molar-refractivity contribution in [1.82, 2.24) is 0 Å². The van der Waals surface area contributed by atoms with Gasteiger partial charge in [0.15, 0.2) is 11.5 Å². The van der Waals surface area contributed by atoms with Crippen LogP contribution in [0.1, 0.15) is 58.8 Å². The average Bonchev–Trinajstić information content (AvgIpc) is 3.12. The molecule has 7 heteroatoms. The second-order valence-electron chi connectivity index (χ2n) is 8.95. The Morgan fingerprint density at radius 3 is 2.15 bits per heavy atom. The number of carbonyl (C=O) groups is 2. The molecule has 3 rings (SSSR count). The van der Waals surface area contributed by atoms with E-state index in [2.05, 4.69) is 12.5 Å². The van der Waals surface area contributed by atoms with Gasteiger partial charge in [-0.3, -0.25) is 9.59 Å². The molecule has 0 amide bonds. The molecule has 0 aromatic rings. The van der Waals surface area contributed by atoms with Gasteiger partial charge in [-0.15, -0.1) is 0 Å². The van der Waals surface area contributed by atoms with Crippen molar-refractivity contribution in [3.05, 3.63) is 0 Å². The van der Waals surface area contributed by atoms with Gasteiger partial charge in [0.1, 0.15) is 5.78 Å². The Kier molecular flexibility index (Phi) is 6.67. The van der Waals surface area contributed by atoms with Crippen molar-refractivity contribution < 1.29 is 22.6 Å². The number of carbonyl (C=O) groups excluding carboxylic acids is 2. The lowest BCUT2D eigenvalue weighted by Crippen LogP contribution is -2.42. The zero-order chi connectivity index (χ0) is 19.8. The lowest BCUT2D eigenvalue weighted by atomic mass is 9.70. The first-order valence-corrected chi connectivity index (χ1v) is 13.2. The fourth-order valence-corrected chi connectivity index (χ4v) is 7.15. The molecule has 3 aliphatic rings. The van der Waals surface area contributed by atoms with Crippen LogP contribution >= 0.6 is 0 Å². The van der Waals surface area contributed by atoms with Crippen LogP contribution < -0.4 is 0 Å². The molecular formula is C19H32O5S2. The van der Waals surface area contributed by atoms with Crippen molar-refractivity contribution >= 4 is 32.6 Å². The minimum atomic E-state index is -4.33. The molecule has 0 spiro atoms. The maximum absolute atomic E-state index is 11.8. The standard InChI is InChI=1S/C10H16O4S.C9H17OS/c1-9(2)7-3-4-10(9,8(11)5-7)6-15(12,13)14;1-11(2)7-9(10)8-5-3-4-6-8/h7H,3-6H2,1-2H3,(H,12,13,14);8H,3-7H2,1-2H3/q;+1/p-1. The first-order valence-electron chi connectivity index (χ1n) is 9.43. The van der Waals surface area contributed by atoms with Gasteiger partial charge in [-0.2, -0.15) is 0 Å². The maximum atomic E-state index is 11.8. The van der Waals surface area contributed by atoms with Gasteiger partial charge in [-0.05, 0) is 47.9 Å². The van der Waals surface area contributed by atoms with E-state index in [4.69, 9.17) is 0 Å². The monoisotopic (exact) mass is 404 g/mol. The Morgan fingerprint density at radius 2 is 1.77 bits per heavy atom. The molecule has 3 saturated carbocycles. The molecule has 0 radical (unpaired) electrons. The molecular weight excluding hydrogens is 372 g/mol. The topological polar surface area (TPSA) is 91.3 Å². The molecule has 2 atom stereocenters. The molecule has 0 heterocycles. The summed E-state index contributed by atoms with van der Waals surface area (Å²) in [5, 5.41) is 0. The SMILES string of the molecule is CC1(C)C2CCC1(CS(=O)(=O)[O-])C(=O)C2.C[S+](C)CC(=O)C1CCCC1. The number of hydrogen-bond acceptors (Lipinski definition) is 5. The minimum absolute atomic E-state index is 0.0248. The molecule has 0 aromatic carbocycles. The number of Topliss-reactive ketones (excluding diaryl/α,β-unsaturated/α-hetero) is 2. The summed E-state index contributed by atoms with van der Waals surface area (Å²) in [7, 11) is -4.02. The molecule has 0 aromatic heterocycles. The summed E-state index contributed by atoms with van der Waals surface area (Å²) in [6, 6.07) is 0. The first kappa shape index (κ1) is 21.9. The van der Waals surface area contributed by atoms with E-state index in [0.717, 1.165) is 25.0 Å². The predicted octanol–water partition coefficient (Wildman–Crippen LogP) is 2.55. The Morgan fingerprint density at radius 1 is 1.19 bits per heavy atom. The van der Waals surface area contributed by atoms with Crippen LogP contribution in [0.2, 0.25) is 0 Å².